The summed E-state index contributed by atoms with van der Waals surface area (Å²) in [6.07, 6.45) is 1.45. The second kappa shape index (κ2) is 10.8. The van der Waals surface area contributed by atoms with Crippen LogP contribution < -0.4 is 19.7 Å². The average molecular weight is 549 g/mol. The Kier molecular flexibility index (Phi) is 7.55. The van der Waals surface area contributed by atoms with Crippen LogP contribution in [0, 0.1) is 13.8 Å². The number of ether oxygens (including phenoxy) is 2. The lowest BCUT2D eigenvalue weighted by Crippen LogP contribution is -2.54. The van der Waals surface area contributed by atoms with Gasteiger partial charge in [-0.3, -0.25) is 14.9 Å². The van der Waals surface area contributed by atoms with E-state index in [1.54, 1.807) is 42.5 Å². The first-order valence-corrected chi connectivity index (χ1v) is 12.2. The third-order valence-corrected chi connectivity index (χ3v) is 6.07. The molecule has 1 aliphatic heterocycles. The van der Waals surface area contributed by atoms with Crippen molar-refractivity contribution < 1.29 is 23.9 Å². The second-order valence-corrected chi connectivity index (χ2v) is 9.21. The van der Waals surface area contributed by atoms with E-state index < -0.39 is 17.8 Å². The number of carbonyl (C=O) groups excluding carboxylic acids is 3. The minimum absolute atomic E-state index is 0.153. The Morgan fingerprint density at radius 1 is 0.917 bits per heavy atom. The van der Waals surface area contributed by atoms with Gasteiger partial charge in [0.05, 0.1) is 16.8 Å². The van der Waals surface area contributed by atoms with E-state index in [4.69, 9.17) is 9.47 Å². The van der Waals surface area contributed by atoms with Crippen molar-refractivity contribution in [1.82, 2.24) is 5.32 Å². The van der Waals surface area contributed by atoms with Crippen molar-refractivity contribution in [3.63, 3.8) is 0 Å². The first kappa shape index (κ1) is 25.2. The summed E-state index contributed by atoms with van der Waals surface area (Å²) in [4.78, 5) is 39.0. The molecule has 0 spiro atoms. The summed E-state index contributed by atoms with van der Waals surface area (Å²) in [7, 11) is 0. The van der Waals surface area contributed by atoms with Crippen LogP contribution in [0.4, 0.5) is 10.5 Å². The summed E-state index contributed by atoms with van der Waals surface area (Å²) in [5.41, 5.74) is 4.18. The number of rotatable bonds is 7. The molecule has 0 aromatic heterocycles. The Bertz CT molecular complexity index is 1340. The molecular formula is C28H25BrN2O5. The van der Waals surface area contributed by atoms with Gasteiger partial charge in [0, 0.05) is 0 Å². The molecule has 1 fully saturated rings. The van der Waals surface area contributed by atoms with Crippen molar-refractivity contribution in [3.05, 3.63) is 93.0 Å². The van der Waals surface area contributed by atoms with Crippen molar-refractivity contribution >= 4 is 45.5 Å². The number of anilines is 1. The number of benzene rings is 3. The Hall–Kier alpha value is -3.91. The molecule has 8 heteroatoms. The number of nitrogens with one attached hydrogen (secondary N) is 1. The number of nitrogens with zero attached hydrogens (tertiary/aromatic N) is 1. The zero-order valence-electron chi connectivity index (χ0n) is 20.1. The molecule has 1 saturated heterocycles. The highest BCUT2D eigenvalue weighted by molar-refractivity contribution is 9.10. The summed E-state index contributed by atoms with van der Waals surface area (Å²) in [5, 5.41) is 2.23. The first-order valence-electron chi connectivity index (χ1n) is 11.4. The maximum Gasteiger partial charge on any atom is 0.335 e. The summed E-state index contributed by atoms with van der Waals surface area (Å²) < 4.78 is 12.0. The van der Waals surface area contributed by atoms with Crippen molar-refractivity contribution in [1.29, 1.82) is 0 Å². The molecule has 4 amide bonds. The van der Waals surface area contributed by atoms with E-state index in [0.717, 1.165) is 10.5 Å². The number of urea groups is 1. The Morgan fingerprint density at radius 2 is 1.61 bits per heavy atom. The maximum atomic E-state index is 13.1. The smallest absolute Gasteiger partial charge is 0.335 e. The molecule has 7 nitrogen and oxygen atoms in total. The summed E-state index contributed by atoms with van der Waals surface area (Å²) in [5.74, 6) is -0.220. The molecule has 4 rings (SSSR count). The fourth-order valence-corrected chi connectivity index (χ4v) is 4.47. The number of imide groups is 2. The van der Waals surface area contributed by atoms with Crippen LogP contribution in [-0.4, -0.2) is 24.5 Å². The standard InChI is InChI=1S/C28H25BrN2O5/c1-4-35-22-8-6-21(7-9-22)31-27(33)23(26(32)30-28(31)34)14-19-5-10-25(24(29)15-19)36-16-20-12-17(2)11-18(3)13-20/h5-15H,4,16H2,1-3H3,(H,30,32,34)/b23-14+. The number of hydrogen-bond donors (Lipinski definition) is 1. The third-order valence-electron chi connectivity index (χ3n) is 5.45. The van der Waals surface area contributed by atoms with Gasteiger partial charge in [-0.15, -0.1) is 0 Å². The van der Waals surface area contributed by atoms with E-state index in [2.05, 4.69) is 39.4 Å². The van der Waals surface area contributed by atoms with Crippen LogP contribution in [0.5, 0.6) is 11.5 Å². The molecule has 1 heterocycles. The van der Waals surface area contributed by atoms with Gasteiger partial charge in [0.25, 0.3) is 11.8 Å². The number of aryl methyl sites for hydroxylation is 2. The summed E-state index contributed by atoms with van der Waals surface area (Å²) >= 11 is 3.51. The molecule has 0 aliphatic carbocycles. The number of hydrogen-bond acceptors (Lipinski definition) is 5. The van der Waals surface area contributed by atoms with Crippen LogP contribution in [-0.2, 0) is 16.2 Å². The first-order chi connectivity index (χ1) is 17.2. The molecular weight excluding hydrogens is 524 g/mol. The molecule has 1 N–H and O–H groups in total. The van der Waals surface area contributed by atoms with Gasteiger partial charge in [0.2, 0.25) is 0 Å². The highest BCUT2D eigenvalue weighted by Crippen LogP contribution is 2.29. The molecule has 36 heavy (non-hydrogen) atoms. The zero-order chi connectivity index (χ0) is 25.8. The predicted octanol–water partition coefficient (Wildman–Crippen LogP) is 5.71. The van der Waals surface area contributed by atoms with Crippen LogP contribution in [0.1, 0.15) is 29.2 Å². The van der Waals surface area contributed by atoms with Crippen molar-refractivity contribution in [3.8, 4) is 11.5 Å². The fraction of sp³-hybridized carbons (Fsp3) is 0.179. The number of amides is 4. The fourth-order valence-electron chi connectivity index (χ4n) is 3.95. The van der Waals surface area contributed by atoms with E-state index in [1.807, 2.05) is 20.8 Å². The predicted molar refractivity (Wildman–Crippen MR) is 141 cm³/mol. The summed E-state index contributed by atoms with van der Waals surface area (Å²) in [6.45, 7) is 6.85. The van der Waals surface area contributed by atoms with Gasteiger partial charge < -0.3 is 9.47 Å². The summed E-state index contributed by atoms with van der Waals surface area (Å²) in [6, 6.07) is 17.2. The van der Waals surface area contributed by atoms with Gasteiger partial charge >= 0.3 is 6.03 Å². The average Bonchev–Trinajstić information content (AvgIpc) is 2.82. The highest BCUT2D eigenvalue weighted by Gasteiger charge is 2.36. The van der Waals surface area contributed by atoms with Crippen LogP contribution in [0.25, 0.3) is 6.08 Å². The van der Waals surface area contributed by atoms with Crippen LogP contribution in [0.3, 0.4) is 0 Å². The molecule has 3 aromatic carbocycles. The van der Waals surface area contributed by atoms with Gasteiger partial charge in [-0.2, -0.15) is 0 Å². The molecule has 0 saturated carbocycles. The lowest BCUT2D eigenvalue weighted by Gasteiger charge is -2.26. The topological polar surface area (TPSA) is 84.9 Å². The van der Waals surface area contributed by atoms with Crippen molar-refractivity contribution in [2.75, 3.05) is 11.5 Å². The molecule has 0 bridgehead atoms. The van der Waals surface area contributed by atoms with Gasteiger partial charge in [-0.25, -0.2) is 9.69 Å². The Labute approximate surface area is 217 Å². The second-order valence-electron chi connectivity index (χ2n) is 8.36. The third kappa shape index (κ3) is 5.66. The van der Waals surface area contributed by atoms with Gasteiger partial charge in [0.1, 0.15) is 23.7 Å². The molecule has 0 unspecified atom stereocenters. The van der Waals surface area contributed by atoms with E-state index in [0.29, 0.717) is 40.4 Å². The maximum absolute atomic E-state index is 13.1. The van der Waals surface area contributed by atoms with Crippen LogP contribution in [0.2, 0.25) is 0 Å². The molecule has 184 valence electrons. The lowest BCUT2D eigenvalue weighted by molar-refractivity contribution is -0.122. The van der Waals surface area contributed by atoms with Gasteiger partial charge in [0.15, 0.2) is 0 Å². The van der Waals surface area contributed by atoms with Gasteiger partial charge in [-0.05, 0) is 90.3 Å². The zero-order valence-corrected chi connectivity index (χ0v) is 21.7. The monoisotopic (exact) mass is 548 g/mol. The molecule has 1 aliphatic rings. The Morgan fingerprint density at radius 3 is 2.25 bits per heavy atom. The van der Waals surface area contributed by atoms with E-state index in [9.17, 15) is 14.4 Å². The largest absolute Gasteiger partial charge is 0.494 e. The van der Waals surface area contributed by atoms with E-state index in [-0.39, 0.29) is 5.57 Å². The lowest BCUT2D eigenvalue weighted by atomic mass is 10.1. The number of halogens is 1. The van der Waals surface area contributed by atoms with Crippen molar-refractivity contribution in [2.24, 2.45) is 0 Å². The van der Waals surface area contributed by atoms with Gasteiger partial charge in [-0.1, -0.05) is 35.4 Å². The van der Waals surface area contributed by atoms with E-state index in [1.165, 1.54) is 17.2 Å². The quantitative estimate of drug-likeness (QED) is 0.302. The molecule has 3 aromatic rings. The molecule has 0 atom stereocenters. The van der Waals surface area contributed by atoms with Crippen LogP contribution >= 0.6 is 15.9 Å². The highest BCUT2D eigenvalue weighted by atomic mass is 79.9. The number of barbiturate groups is 1. The molecule has 0 radical (unpaired) electrons. The minimum Gasteiger partial charge on any atom is -0.494 e. The van der Waals surface area contributed by atoms with E-state index >= 15 is 0 Å². The SMILES string of the molecule is CCOc1ccc(N2C(=O)NC(=O)/C(=C\c3ccc(OCc4cc(C)cc(C)c4)c(Br)c3)C2=O)cc1. The minimum atomic E-state index is -0.803. The normalized spacial score (nSPS) is 14.7. The van der Waals surface area contributed by atoms with Crippen LogP contribution in [0.15, 0.2) is 70.7 Å². The Balaban J connectivity index is 1.54. The number of carbonyl (C=O) groups is 3. The van der Waals surface area contributed by atoms with Crippen molar-refractivity contribution in [2.45, 2.75) is 27.4 Å².